The van der Waals surface area contributed by atoms with E-state index in [0.717, 1.165) is 12.8 Å². The van der Waals surface area contributed by atoms with Gasteiger partial charge in [-0.3, -0.25) is 10.2 Å². The van der Waals surface area contributed by atoms with Crippen LogP contribution < -0.4 is 15.8 Å². The van der Waals surface area contributed by atoms with E-state index in [9.17, 15) is 4.79 Å². The summed E-state index contributed by atoms with van der Waals surface area (Å²) in [6.07, 6.45) is 5.94. The SMILES string of the molecule is C=CC(=O)N1CCCC(Nc2ncnc(N)c2C(=N)c2ccc(OCc3ccco3)c(Cl)c2)C1. The van der Waals surface area contributed by atoms with Gasteiger partial charge in [-0.1, -0.05) is 18.2 Å². The quantitative estimate of drug-likeness (QED) is 0.329. The Morgan fingerprint density at radius 2 is 2.26 bits per heavy atom. The molecule has 0 radical (unpaired) electrons. The number of halogens is 1. The summed E-state index contributed by atoms with van der Waals surface area (Å²) in [5, 5.41) is 12.5. The molecule has 0 spiro atoms. The first-order valence-electron chi connectivity index (χ1n) is 10.8. The molecule has 176 valence electrons. The van der Waals surface area contributed by atoms with Crippen LogP contribution >= 0.6 is 11.6 Å². The van der Waals surface area contributed by atoms with Crippen LogP contribution in [0.1, 0.15) is 29.7 Å². The summed E-state index contributed by atoms with van der Waals surface area (Å²) in [6.45, 7) is 5.00. The van der Waals surface area contributed by atoms with Crippen molar-refractivity contribution in [3.63, 3.8) is 0 Å². The zero-order valence-electron chi connectivity index (χ0n) is 18.5. The Morgan fingerprint density at radius 3 is 3.00 bits per heavy atom. The molecule has 1 fully saturated rings. The molecule has 0 aliphatic carbocycles. The number of anilines is 2. The number of ether oxygens (including phenoxy) is 1. The van der Waals surface area contributed by atoms with Crippen LogP contribution in [0.3, 0.4) is 0 Å². The molecule has 1 aliphatic heterocycles. The van der Waals surface area contributed by atoms with E-state index in [1.54, 1.807) is 35.4 Å². The predicted molar refractivity (Wildman–Crippen MR) is 130 cm³/mol. The van der Waals surface area contributed by atoms with Gasteiger partial charge < -0.3 is 25.1 Å². The third kappa shape index (κ3) is 5.20. The molecule has 34 heavy (non-hydrogen) atoms. The lowest BCUT2D eigenvalue weighted by Gasteiger charge is -2.33. The fraction of sp³-hybridized carbons (Fsp3) is 0.250. The molecule has 1 amide bonds. The van der Waals surface area contributed by atoms with Gasteiger partial charge in [-0.25, -0.2) is 9.97 Å². The number of amides is 1. The van der Waals surface area contributed by atoms with Gasteiger partial charge in [-0.05, 0) is 49.2 Å². The summed E-state index contributed by atoms with van der Waals surface area (Å²) in [7, 11) is 0. The van der Waals surface area contributed by atoms with E-state index < -0.39 is 0 Å². The number of nitrogens with one attached hydrogen (secondary N) is 2. The van der Waals surface area contributed by atoms with Crippen molar-refractivity contribution in [3.05, 3.63) is 77.5 Å². The fourth-order valence-electron chi connectivity index (χ4n) is 3.83. The number of likely N-dealkylation sites (tertiary alicyclic amines) is 1. The summed E-state index contributed by atoms with van der Waals surface area (Å²) in [6, 6.07) is 8.62. The summed E-state index contributed by atoms with van der Waals surface area (Å²) in [5.41, 5.74) is 7.18. The maximum absolute atomic E-state index is 12.0. The van der Waals surface area contributed by atoms with Gasteiger partial charge in [-0.15, -0.1) is 0 Å². The van der Waals surface area contributed by atoms with E-state index in [-0.39, 0.29) is 30.1 Å². The summed E-state index contributed by atoms with van der Waals surface area (Å²) in [4.78, 5) is 22.2. The van der Waals surface area contributed by atoms with Crippen molar-refractivity contribution >= 4 is 34.9 Å². The highest BCUT2D eigenvalue weighted by atomic mass is 35.5. The molecule has 10 heteroatoms. The lowest BCUT2D eigenvalue weighted by Crippen LogP contribution is -2.44. The fourth-order valence-corrected chi connectivity index (χ4v) is 4.07. The minimum atomic E-state index is -0.106. The number of nitrogen functional groups attached to an aromatic ring is 1. The van der Waals surface area contributed by atoms with Crippen LogP contribution in [0.25, 0.3) is 0 Å². The highest BCUT2D eigenvalue weighted by Crippen LogP contribution is 2.30. The lowest BCUT2D eigenvalue weighted by molar-refractivity contribution is -0.127. The van der Waals surface area contributed by atoms with Crippen LogP contribution in [0.4, 0.5) is 11.6 Å². The molecule has 2 aromatic heterocycles. The molecular weight excluding hydrogens is 456 g/mol. The lowest BCUT2D eigenvalue weighted by atomic mass is 10.0. The molecule has 4 rings (SSSR count). The second-order valence-corrected chi connectivity index (χ2v) is 8.25. The first kappa shape index (κ1) is 23.3. The van der Waals surface area contributed by atoms with E-state index in [0.29, 0.717) is 46.6 Å². The number of hydrogen-bond acceptors (Lipinski definition) is 8. The number of carbonyl (C=O) groups excluding carboxylic acids is 1. The van der Waals surface area contributed by atoms with E-state index in [1.165, 1.54) is 12.4 Å². The number of benzene rings is 1. The number of hydrogen-bond donors (Lipinski definition) is 3. The smallest absolute Gasteiger partial charge is 0.246 e. The van der Waals surface area contributed by atoms with Gasteiger partial charge in [-0.2, -0.15) is 0 Å². The van der Waals surface area contributed by atoms with Gasteiger partial charge in [0.25, 0.3) is 0 Å². The molecule has 1 atom stereocenters. The minimum Gasteiger partial charge on any atom is -0.484 e. The van der Waals surface area contributed by atoms with Crippen molar-refractivity contribution in [1.29, 1.82) is 5.41 Å². The van der Waals surface area contributed by atoms with Crippen molar-refractivity contribution in [2.24, 2.45) is 0 Å². The Kier molecular flexibility index (Phi) is 7.12. The normalized spacial score (nSPS) is 15.6. The topological polar surface area (TPSA) is 130 Å². The monoisotopic (exact) mass is 480 g/mol. The average molecular weight is 481 g/mol. The Morgan fingerprint density at radius 1 is 1.41 bits per heavy atom. The van der Waals surface area contributed by atoms with Gasteiger partial charge in [0.05, 0.1) is 22.6 Å². The van der Waals surface area contributed by atoms with Crippen molar-refractivity contribution in [3.8, 4) is 5.75 Å². The zero-order chi connectivity index (χ0) is 24.1. The maximum Gasteiger partial charge on any atom is 0.246 e. The second kappa shape index (κ2) is 10.4. The number of aromatic nitrogens is 2. The number of furan rings is 1. The van der Waals surface area contributed by atoms with Crippen LogP contribution in [0.5, 0.6) is 5.75 Å². The molecule has 0 saturated carbocycles. The van der Waals surface area contributed by atoms with Crippen LogP contribution in [-0.2, 0) is 11.4 Å². The third-order valence-corrected chi connectivity index (χ3v) is 5.84. The van der Waals surface area contributed by atoms with Crippen molar-refractivity contribution in [1.82, 2.24) is 14.9 Å². The predicted octanol–water partition coefficient (Wildman–Crippen LogP) is 3.89. The highest BCUT2D eigenvalue weighted by molar-refractivity contribution is 6.32. The maximum atomic E-state index is 12.0. The van der Waals surface area contributed by atoms with Crippen molar-refractivity contribution < 1.29 is 13.9 Å². The number of nitrogens with two attached hydrogens (primary N) is 1. The number of rotatable bonds is 8. The zero-order valence-corrected chi connectivity index (χ0v) is 19.2. The molecule has 3 heterocycles. The first-order valence-corrected chi connectivity index (χ1v) is 11.2. The molecular formula is C24H25ClN6O3. The Balaban J connectivity index is 1.52. The molecule has 9 nitrogen and oxygen atoms in total. The third-order valence-electron chi connectivity index (χ3n) is 5.55. The Bertz CT molecular complexity index is 1200. The molecule has 1 saturated heterocycles. The number of piperidine rings is 1. The van der Waals surface area contributed by atoms with E-state index >= 15 is 0 Å². The number of carbonyl (C=O) groups is 1. The summed E-state index contributed by atoms with van der Waals surface area (Å²) in [5.74, 6) is 1.65. The van der Waals surface area contributed by atoms with Gasteiger partial charge in [0, 0.05) is 24.7 Å². The van der Waals surface area contributed by atoms with Gasteiger partial charge in [0.1, 0.15) is 36.1 Å². The van der Waals surface area contributed by atoms with Crippen molar-refractivity contribution in [2.45, 2.75) is 25.5 Å². The molecule has 1 unspecified atom stereocenters. The molecule has 1 aromatic carbocycles. The van der Waals surface area contributed by atoms with Crippen LogP contribution in [0.2, 0.25) is 5.02 Å². The number of nitrogens with zero attached hydrogens (tertiary/aromatic N) is 3. The minimum absolute atomic E-state index is 0.0422. The van der Waals surface area contributed by atoms with Gasteiger partial charge in [0.15, 0.2) is 0 Å². The first-order chi connectivity index (χ1) is 16.5. The molecule has 3 aromatic rings. The second-order valence-electron chi connectivity index (χ2n) is 7.84. The van der Waals surface area contributed by atoms with Crippen molar-refractivity contribution in [2.75, 3.05) is 24.1 Å². The van der Waals surface area contributed by atoms with Crippen LogP contribution in [0, 0.1) is 5.41 Å². The molecule has 0 bridgehead atoms. The van der Waals surface area contributed by atoms with Gasteiger partial charge in [0.2, 0.25) is 5.91 Å². The van der Waals surface area contributed by atoms with Crippen LogP contribution in [0.15, 0.2) is 60.0 Å². The average Bonchev–Trinajstić information content (AvgIpc) is 3.36. The highest BCUT2D eigenvalue weighted by Gasteiger charge is 2.25. The molecule has 1 aliphatic rings. The van der Waals surface area contributed by atoms with E-state index in [4.69, 9.17) is 31.9 Å². The standard InChI is InChI=1S/C24H25ClN6O3/c1-2-20(32)31-9-3-5-16(12-31)30-24-21(23(27)28-14-29-24)22(26)15-7-8-19(18(25)11-15)34-13-17-6-4-10-33-17/h2,4,6-8,10-11,14,16,26H,1,3,5,9,12-13H2,(H3,27,28,29,30). The van der Waals surface area contributed by atoms with E-state index in [1.807, 2.05) is 6.07 Å². The van der Waals surface area contributed by atoms with E-state index in [2.05, 4.69) is 21.9 Å². The Hall–Kier alpha value is -3.85. The summed E-state index contributed by atoms with van der Waals surface area (Å²) < 4.78 is 11.0. The molecule has 4 N–H and O–H groups in total. The summed E-state index contributed by atoms with van der Waals surface area (Å²) >= 11 is 6.42. The van der Waals surface area contributed by atoms with Crippen LogP contribution in [-0.4, -0.2) is 45.6 Å². The largest absolute Gasteiger partial charge is 0.484 e. The van der Waals surface area contributed by atoms with Gasteiger partial charge >= 0.3 is 0 Å². The Labute approximate surface area is 202 Å².